The van der Waals surface area contributed by atoms with E-state index in [0.717, 1.165) is 49.2 Å². The molecule has 6 heteroatoms. The first kappa shape index (κ1) is 16.1. The molecule has 2 heterocycles. The van der Waals surface area contributed by atoms with Gasteiger partial charge in [0.15, 0.2) is 0 Å². The van der Waals surface area contributed by atoms with Crippen LogP contribution < -0.4 is 10.6 Å². The van der Waals surface area contributed by atoms with Gasteiger partial charge in [-0.2, -0.15) is 0 Å². The third kappa shape index (κ3) is 3.54. The summed E-state index contributed by atoms with van der Waals surface area (Å²) in [6, 6.07) is 7.55. The molecule has 1 saturated heterocycles. The van der Waals surface area contributed by atoms with Crippen LogP contribution in [-0.2, 0) is 4.74 Å². The van der Waals surface area contributed by atoms with Gasteiger partial charge in [-0.3, -0.25) is 0 Å². The Balaban J connectivity index is 1.41. The second-order valence-electron chi connectivity index (χ2n) is 6.87. The molecule has 0 spiro atoms. The van der Waals surface area contributed by atoms with Crippen LogP contribution in [0.15, 0.2) is 34.9 Å². The zero-order chi connectivity index (χ0) is 17.2. The van der Waals surface area contributed by atoms with E-state index >= 15 is 0 Å². The Morgan fingerprint density at radius 3 is 3.04 bits per heavy atom. The van der Waals surface area contributed by atoms with E-state index in [1.54, 1.807) is 6.26 Å². The highest BCUT2D eigenvalue weighted by Crippen LogP contribution is 2.34. The Bertz CT molecular complexity index is 758. The van der Waals surface area contributed by atoms with Crippen molar-refractivity contribution < 1.29 is 13.9 Å². The highest BCUT2D eigenvalue weighted by atomic mass is 16.5. The van der Waals surface area contributed by atoms with Crippen molar-refractivity contribution in [3.63, 3.8) is 0 Å². The van der Waals surface area contributed by atoms with Gasteiger partial charge in [0.25, 0.3) is 0 Å². The van der Waals surface area contributed by atoms with Gasteiger partial charge in [-0.1, -0.05) is 6.07 Å². The number of benzene rings is 1. The Morgan fingerprint density at radius 1 is 1.28 bits per heavy atom. The van der Waals surface area contributed by atoms with Crippen LogP contribution in [0.2, 0.25) is 0 Å². The summed E-state index contributed by atoms with van der Waals surface area (Å²) in [5.74, 6) is 1.00. The maximum atomic E-state index is 12.4. The topological polar surface area (TPSA) is 76.4 Å². The second kappa shape index (κ2) is 6.88. The van der Waals surface area contributed by atoms with Crippen molar-refractivity contribution in [3.05, 3.63) is 36.2 Å². The molecule has 132 valence electrons. The van der Waals surface area contributed by atoms with Crippen molar-refractivity contribution in [2.24, 2.45) is 5.92 Å². The van der Waals surface area contributed by atoms with Crippen molar-refractivity contribution in [3.8, 4) is 11.5 Å². The predicted octanol–water partition coefficient (Wildman–Crippen LogP) is 3.73. The molecule has 2 aliphatic rings. The van der Waals surface area contributed by atoms with Crippen LogP contribution in [0.1, 0.15) is 31.4 Å². The molecule has 2 aromatic rings. The molecule has 1 aliphatic carbocycles. The number of nitrogens with one attached hydrogen (secondary N) is 2. The van der Waals surface area contributed by atoms with E-state index in [1.807, 2.05) is 31.2 Å². The number of anilines is 1. The van der Waals surface area contributed by atoms with Crippen molar-refractivity contribution >= 4 is 11.7 Å². The molecule has 2 fully saturated rings. The Kier molecular flexibility index (Phi) is 4.44. The number of carbonyl (C=O) groups is 1. The minimum Gasteiger partial charge on any atom is -0.444 e. The fourth-order valence-electron chi connectivity index (χ4n) is 3.91. The molecule has 25 heavy (non-hydrogen) atoms. The number of ether oxygens (including phenoxy) is 1. The van der Waals surface area contributed by atoms with Crippen molar-refractivity contribution in [2.75, 3.05) is 11.9 Å². The summed E-state index contributed by atoms with van der Waals surface area (Å²) in [4.78, 5) is 16.7. The van der Waals surface area contributed by atoms with Crippen LogP contribution in [0.25, 0.3) is 11.5 Å². The number of aromatic nitrogens is 1. The maximum absolute atomic E-state index is 12.4. The Hall–Kier alpha value is -2.34. The average Bonchev–Trinajstić information content (AvgIpc) is 3.24. The van der Waals surface area contributed by atoms with Gasteiger partial charge in [0.1, 0.15) is 6.26 Å². The van der Waals surface area contributed by atoms with E-state index in [9.17, 15) is 4.79 Å². The molecule has 1 aliphatic heterocycles. The minimum atomic E-state index is -0.168. The van der Waals surface area contributed by atoms with Crippen LogP contribution in [0.5, 0.6) is 0 Å². The highest BCUT2D eigenvalue weighted by molar-refractivity contribution is 5.90. The Morgan fingerprint density at radius 2 is 2.20 bits per heavy atom. The van der Waals surface area contributed by atoms with E-state index in [4.69, 9.17) is 9.15 Å². The number of hydrogen-bond acceptors (Lipinski definition) is 4. The summed E-state index contributed by atoms with van der Waals surface area (Å²) in [5, 5.41) is 6.06. The molecule has 0 unspecified atom stereocenters. The smallest absolute Gasteiger partial charge is 0.319 e. The standard InChI is InChI=1S/C19H23N3O3/c1-12-11-25-18(20-12)13-4-2-5-14(10-13)21-19(23)22-16-6-3-7-17-15(16)8-9-24-17/h2,4-5,10-11,15-17H,3,6-9H2,1H3,(H2,21,22,23)/t15-,16+,17-/m0/s1. The quantitative estimate of drug-likeness (QED) is 0.892. The largest absolute Gasteiger partial charge is 0.444 e. The molecule has 0 radical (unpaired) electrons. The Labute approximate surface area is 147 Å². The van der Waals surface area contributed by atoms with Gasteiger partial charge in [0, 0.05) is 29.8 Å². The lowest BCUT2D eigenvalue weighted by Crippen LogP contribution is -2.47. The van der Waals surface area contributed by atoms with Crippen molar-refractivity contribution in [2.45, 2.75) is 44.8 Å². The van der Waals surface area contributed by atoms with E-state index in [-0.39, 0.29) is 12.1 Å². The molecule has 2 amide bonds. The first-order chi connectivity index (χ1) is 12.2. The number of aryl methyl sites for hydroxylation is 1. The third-order valence-corrected chi connectivity index (χ3v) is 5.08. The lowest BCUT2D eigenvalue weighted by molar-refractivity contribution is 0.0553. The molecule has 1 aromatic carbocycles. The number of fused-ring (bicyclic) bond motifs is 1. The van der Waals surface area contributed by atoms with Gasteiger partial charge in [0.2, 0.25) is 5.89 Å². The summed E-state index contributed by atoms with van der Waals surface area (Å²) in [5.41, 5.74) is 2.39. The van der Waals surface area contributed by atoms with E-state index in [0.29, 0.717) is 17.9 Å². The molecule has 3 atom stereocenters. The number of urea groups is 1. The fourth-order valence-corrected chi connectivity index (χ4v) is 3.91. The number of oxazole rings is 1. The van der Waals surface area contributed by atoms with Crippen LogP contribution in [0.4, 0.5) is 10.5 Å². The molecule has 1 saturated carbocycles. The maximum Gasteiger partial charge on any atom is 0.319 e. The van der Waals surface area contributed by atoms with Crippen LogP contribution in [-0.4, -0.2) is 29.8 Å². The monoisotopic (exact) mass is 341 g/mol. The summed E-state index contributed by atoms with van der Waals surface area (Å²) in [7, 11) is 0. The summed E-state index contributed by atoms with van der Waals surface area (Å²) >= 11 is 0. The van der Waals surface area contributed by atoms with Gasteiger partial charge in [0.05, 0.1) is 11.8 Å². The predicted molar refractivity (Wildman–Crippen MR) is 94.3 cm³/mol. The SMILES string of the molecule is Cc1coc(-c2cccc(NC(=O)N[C@@H]3CCC[C@@H]4OCC[C@H]43)c2)n1. The van der Waals surface area contributed by atoms with Crippen molar-refractivity contribution in [1.82, 2.24) is 10.3 Å². The number of carbonyl (C=O) groups excluding carboxylic acids is 1. The van der Waals surface area contributed by atoms with E-state index in [2.05, 4.69) is 15.6 Å². The van der Waals surface area contributed by atoms with Crippen LogP contribution >= 0.6 is 0 Å². The van der Waals surface area contributed by atoms with Crippen LogP contribution in [0, 0.1) is 12.8 Å². The van der Waals surface area contributed by atoms with Crippen LogP contribution in [0.3, 0.4) is 0 Å². The lowest BCUT2D eigenvalue weighted by Gasteiger charge is -2.33. The van der Waals surface area contributed by atoms with Gasteiger partial charge in [-0.05, 0) is 50.8 Å². The summed E-state index contributed by atoms with van der Waals surface area (Å²) in [6.07, 6.45) is 6.20. The zero-order valence-electron chi connectivity index (χ0n) is 14.3. The second-order valence-corrected chi connectivity index (χ2v) is 6.87. The van der Waals surface area contributed by atoms with Gasteiger partial charge in [-0.15, -0.1) is 0 Å². The summed E-state index contributed by atoms with van der Waals surface area (Å²) < 4.78 is 11.2. The third-order valence-electron chi connectivity index (χ3n) is 5.08. The number of hydrogen-bond donors (Lipinski definition) is 2. The molecule has 4 rings (SSSR count). The molecular formula is C19H23N3O3. The zero-order valence-corrected chi connectivity index (χ0v) is 14.3. The van der Waals surface area contributed by atoms with Gasteiger partial charge < -0.3 is 19.8 Å². The fraction of sp³-hybridized carbons (Fsp3) is 0.474. The van der Waals surface area contributed by atoms with Crippen molar-refractivity contribution in [1.29, 1.82) is 0 Å². The first-order valence-corrected chi connectivity index (χ1v) is 8.91. The first-order valence-electron chi connectivity index (χ1n) is 8.91. The van der Waals surface area contributed by atoms with E-state index < -0.39 is 0 Å². The number of rotatable bonds is 3. The normalized spacial score (nSPS) is 25.4. The highest BCUT2D eigenvalue weighted by Gasteiger charge is 2.38. The average molecular weight is 341 g/mol. The number of nitrogens with zero attached hydrogens (tertiary/aromatic N) is 1. The molecule has 0 bridgehead atoms. The molecule has 1 aromatic heterocycles. The summed E-state index contributed by atoms with van der Waals surface area (Å²) in [6.45, 7) is 2.69. The van der Waals surface area contributed by atoms with Gasteiger partial charge in [-0.25, -0.2) is 9.78 Å². The van der Waals surface area contributed by atoms with Gasteiger partial charge >= 0.3 is 6.03 Å². The lowest BCUT2D eigenvalue weighted by atomic mass is 9.82. The minimum absolute atomic E-state index is 0.168. The molecular weight excluding hydrogens is 318 g/mol. The number of amides is 2. The molecule has 6 nitrogen and oxygen atoms in total. The molecule has 2 N–H and O–H groups in total. The van der Waals surface area contributed by atoms with E-state index in [1.165, 1.54) is 0 Å².